The monoisotopic (exact) mass is 426 g/mol. The van der Waals surface area contributed by atoms with Crippen molar-refractivity contribution in [2.45, 2.75) is 6.04 Å². The highest BCUT2D eigenvalue weighted by Gasteiger charge is 2.25. The number of benzene rings is 2. The lowest BCUT2D eigenvalue weighted by Crippen LogP contribution is -2.34. The molecule has 2 aromatic carbocycles. The van der Waals surface area contributed by atoms with Crippen LogP contribution in [0.1, 0.15) is 17.4 Å². The third-order valence-corrected chi connectivity index (χ3v) is 4.53. The van der Waals surface area contributed by atoms with E-state index in [9.17, 15) is 9.18 Å². The minimum Gasteiger partial charge on any atom is -0.497 e. The standard InChI is InChI=1S/C21H23FN6O3/c1-4-19(29)23-11-12-24-20(17-10-5-14(22)13-18(17)31-3)21-25-26-27-28(21)15-6-8-16(30-2)9-7-15/h4-10,13,20,24H,1,11-12H2,2-3H3,(H,23,29). The van der Waals surface area contributed by atoms with Gasteiger partial charge < -0.3 is 20.1 Å². The third kappa shape index (κ3) is 5.23. The first-order chi connectivity index (χ1) is 15.1. The number of rotatable bonds is 10. The van der Waals surface area contributed by atoms with Crippen LogP contribution in [0.2, 0.25) is 0 Å². The van der Waals surface area contributed by atoms with E-state index in [1.807, 2.05) is 12.1 Å². The maximum Gasteiger partial charge on any atom is 0.243 e. The first-order valence-electron chi connectivity index (χ1n) is 9.47. The summed E-state index contributed by atoms with van der Waals surface area (Å²) in [5.74, 6) is 0.807. The van der Waals surface area contributed by atoms with Crippen LogP contribution in [0.4, 0.5) is 4.39 Å². The number of amides is 1. The quantitative estimate of drug-likeness (QED) is 0.376. The summed E-state index contributed by atoms with van der Waals surface area (Å²) in [5, 5.41) is 18.1. The van der Waals surface area contributed by atoms with E-state index in [4.69, 9.17) is 9.47 Å². The van der Waals surface area contributed by atoms with Gasteiger partial charge in [-0.15, -0.1) is 5.10 Å². The summed E-state index contributed by atoms with van der Waals surface area (Å²) in [4.78, 5) is 11.4. The Kier molecular flexibility index (Phi) is 7.28. The Labute approximate surface area is 178 Å². The average molecular weight is 426 g/mol. The zero-order valence-corrected chi connectivity index (χ0v) is 17.2. The summed E-state index contributed by atoms with van der Waals surface area (Å²) in [6, 6.07) is 10.9. The van der Waals surface area contributed by atoms with Crippen molar-refractivity contribution < 1.29 is 18.7 Å². The molecule has 0 fully saturated rings. The minimum absolute atomic E-state index is 0.277. The average Bonchev–Trinajstić information content (AvgIpc) is 3.28. The van der Waals surface area contributed by atoms with Gasteiger partial charge in [0.2, 0.25) is 5.91 Å². The Morgan fingerprint density at radius 2 is 1.97 bits per heavy atom. The van der Waals surface area contributed by atoms with Crippen LogP contribution >= 0.6 is 0 Å². The van der Waals surface area contributed by atoms with Crippen molar-refractivity contribution in [3.63, 3.8) is 0 Å². The molecule has 0 saturated heterocycles. The van der Waals surface area contributed by atoms with Gasteiger partial charge in [0.25, 0.3) is 0 Å². The number of halogens is 1. The maximum atomic E-state index is 13.8. The molecule has 1 unspecified atom stereocenters. The molecule has 1 atom stereocenters. The Hall–Kier alpha value is -3.79. The number of tetrazole rings is 1. The lowest BCUT2D eigenvalue weighted by Gasteiger charge is -2.21. The number of hydrogen-bond donors (Lipinski definition) is 2. The molecule has 31 heavy (non-hydrogen) atoms. The number of nitrogens with zero attached hydrogens (tertiary/aromatic N) is 4. The zero-order chi connectivity index (χ0) is 22.2. The van der Waals surface area contributed by atoms with Crippen LogP contribution in [0.3, 0.4) is 0 Å². The number of carbonyl (C=O) groups excluding carboxylic acids is 1. The van der Waals surface area contributed by atoms with Crippen molar-refractivity contribution >= 4 is 5.91 Å². The van der Waals surface area contributed by atoms with Crippen molar-refractivity contribution in [2.24, 2.45) is 0 Å². The van der Waals surface area contributed by atoms with Gasteiger partial charge in [-0.1, -0.05) is 12.6 Å². The van der Waals surface area contributed by atoms with Crippen molar-refractivity contribution in [2.75, 3.05) is 27.3 Å². The predicted octanol–water partition coefficient (Wildman–Crippen LogP) is 1.80. The fraction of sp³-hybridized carbons (Fsp3) is 0.238. The summed E-state index contributed by atoms with van der Waals surface area (Å²) in [6.07, 6.45) is 1.20. The van der Waals surface area contributed by atoms with Gasteiger partial charge >= 0.3 is 0 Å². The molecule has 2 N–H and O–H groups in total. The molecule has 0 radical (unpaired) electrons. The molecule has 0 bridgehead atoms. The SMILES string of the molecule is C=CC(=O)NCCNC(c1ccc(F)cc1OC)c1nnnn1-c1ccc(OC)cc1. The fourth-order valence-corrected chi connectivity index (χ4v) is 3.02. The van der Waals surface area contributed by atoms with E-state index >= 15 is 0 Å². The second-order valence-corrected chi connectivity index (χ2v) is 6.42. The highest BCUT2D eigenvalue weighted by molar-refractivity contribution is 5.86. The molecule has 0 aliphatic carbocycles. The molecular formula is C21H23FN6O3. The van der Waals surface area contributed by atoms with Crippen molar-refractivity contribution in [3.8, 4) is 17.2 Å². The molecule has 1 amide bonds. The second kappa shape index (κ2) is 10.3. The Bertz CT molecular complexity index is 1040. The van der Waals surface area contributed by atoms with Crippen molar-refractivity contribution in [1.29, 1.82) is 0 Å². The summed E-state index contributed by atoms with van der Waals surface area (Å²) in [6.45, 7) is 4.16. The van der Waals surface area contributed by atoms with Crippen LogP contribution < -0.4 is 20.1 Å². The number of methoxy groups -OCH3 is 2. The summed E-state index contributed by atoms with van der Waals surface area (Å²) >= 11 is 0. The van der Waals surface area contributed by atoms with E-state index in [1.165, 1.54) is 25.3 Å². The van der Waals surface area contributed by atoms with Gasteiger partial charge in [0, 0.05) is 24.7 Å². The zero-order valence-electron chi connectivity index (χ0n) is 17.2. The molecule has 3 rings (SSSR count). The van der Waals surface area contributed by atoms with Crippen LogP contribution in [0.5, 0.6) is 11.5 Å². The lowest BCUT2D eigenvalue weighted by molar-refractivity contribution is -0.116. The number of carbonyl (C=O) groups is 1. The van der Waals surface area contributed by atoms with Gasteiger partial charge in [-0.25, -0.2) is 4.39 Å². The van der Waals surface area contributed by atoms with Crippen LogP contribution in [0, 0.1) is 5.82 Å². The molecular weight excluding hydrogens is 403 g/mol. The lowest BCUT2D eigenvalue weighted by atomic mass is 10.0. The molecule has 9 nitrogen and oxygen atoms in total. The molecule has 1 aromatic heterocycles. The van der Waals surface area contributed by atoms with E-state index in [0.29, 0.717) is 41.7 Å². The third-order valence-electron chi connectivity index (χ3n) is 4.53. The van der Waals surface area contributed by atoms with Crippen LogP contribution in [-0.4, -0.2) is 53.4 Å². The van der Waals surface area contributed by atoms with E-state index in [0.717, 1.165) is 0 Å². The molecule has 0 spiro atoms. The van der Waals surface area contributed by atoms with Crippen LogP contribution in [-0.2, 0) is 4.79 Å². The Morgan fingerprint density at radius 3 is 2.65 bits per heavy atom. The first-order valence-corrected chi connectivity index (χ1v) is 9.47. The van der Waals surface area contributed by atoms with Crippen LogP contribution in [0.15, 0.2) is 55.1 Å². The van der Waals surface area contributed by atoms with Crippen molar-refractivity contribution in [3.05, 3.63) is 72.3 Å². The number of nitrogens with one attached hydrogen (secondary N) is 2. The van der Waals surface area contributed by atoms with Gasteiger partial charge in [0.15, 0.2) is 5.82 Å². The molecule has 3 aromatic rings. The summed E-state index contributed by atoms with van der Waals surface area (Å²) < 4.78 is 25.9. The second-order valence-electron chi connectivity index (χ2n) is 6.42. The minimum atomic E-state index is -0.548. The van der Waals surface area contributed by atoms with Gasteiger partial charge in [-0.05, 0) is 46.8 Å². The molecule has 10 heteroatoms. The Morgan fingerprint density at radius 1 is 1.19 bits per heavy atom. The molecule has 0 aliphatic rings. The molecule has 162 valence electrons. The summed E-state index contributed by atoms with van der Waals surface area (Å²) in [7, 11) is 3.05. The Balaban J connectivity index is 1.96. The van der Waals surface area contributed by atoms with E-state index in [1.54, 1.807) is 30.0 Å². The number of aromatic nitrogens is 4. The van der Waals surface area contributed by atoms with E-state index in [2.05, 4.69) is 32.7 Å². The van der Waals surface area contributed by atoms with E-state index in [-0.39, 0.29) is 5.91 Å². The van der Waals surface area contributed by atoms with E-state index < -0.39 is 11.9 Å². The van der Waals surface area contributed by atoms with Gasteiger partial charge in [-0.3, -0.25) is 4.79 Å². The number of hydrogen-bond acceptors (Lipinski definition) is 7. The van der Waals surface area contributed by atoms with Gasteiger partial charge in [0.05, 0.1) is 25.9 Å². The highest BCUT2D eigenvalue weighted by atomic mass is 19.1. The smallest absolute Gasteiger partial charge is 0.243 e. The molecule has 0 aliphatic heterocycles. The normalized spacial score (nSPS) is 11.6. The fourth-order valence-electron chi connectivity index (χ4n) is 3.02. The molecule has 1 heterocycles. The maximum absolute atomic E-state index is 13.8. The molecule has 0 saturated carbocycles. The summed E-state index contributed by atoms with van der Waals surface area (Å²) in [5.41, 5.74) is 1.36. The first kappa shape index (κ1) is 21.9. The topological polar surface area (TPSA) is 103 Å². The van der Waals surface area contributed by atoms with Crippen LogP contribution in [0.25, 0.3) is 5.69 Å². The van der Waals surface area contributed by atoms with Crippen molar-refractivity contribution in [1.82, 2.24) is 30.8 Å². The highest BCUT2D eigenvalue weighted by Crippen LogP contribution is 2.30. The predicted molar refractivity (Wildman–Crippen MR) is 112 cm³/mol. The van der Waals surface area contributed by atoms with Gasteiger partial charge in [0.1, 0.15) is 17.3 Å². The number of ether oxygens (including phenoxy) is 2. The largest absolute Gasteiger partial charge is 0.497 e. The van der Waals surface area contributed by atoms with Gasteiger partial charge in [-0.2, -0.15) is 4.68 Å².